The molecule has 4 aromatic carbocycles. The van der Waals surface area contributed by atoms with Crippen molar-refractivity contribution in [1.29, 1.82) is 0 Å². The third-order valence-corrected chi connectivity index (χ3v) is 5.50. The van der Waals surface area contributed by atoms with Crippen LogP contribution < -0.4 is 21.5 Å². The third kappa shape index (κ3) is 4.27. The largest absolute Gasteiger partial charge is 0.502 e. The molecule has 1 amide bonds. The molecule has 35 heavy (non-hydrogen) atoms. The number of nitrogens with one attached hydrogen (secondary N) is 3. The number of aromatic nitrogens is 4. The number of nitrogens with zero attached hydrogens (tertiary/aromatic N) is 3. The van der Waals surface area contributed by atoms with E-state index in [9.17, 15) is 19.5 Å². The Bertz CT molecular complexity index is 1590. The first-order chi connectivity index (χ1) is 17.0. The fraction of sp³-hybridized carbons (Fsp3) is 0.0400. The maximum atomic E-state index is 13.0. The lowest BCUT2D eigenvalue weighted by molar-refractivity contribution is 0.0951. The van der Waals surface area contributed by atoms with E-state index in [0.29, 0.717) is 12.4 Å². The predicted octanol–water partition coefficient (Wildman–Crippen LogP) is 2.51. The number of benzene rings is 3. The minimum atomic E-state index is -0.966. The molecule has 0 saturated heterocycles. The number of tetrazole rings is 1. The topological polar surface area (TPSA) is 150 Å². The van der Waals surface area contributed by atoms with E-state index in [-0.39, 0.29) is 22.8 Å². The molecule has 5 aromatic rings. The summed E-state index contributed by atoms with van der Waals surface area (Å²) in [5.74, 6) is -0.618. The molecule has 1 aromatic heterocycles. The number of aromatic amines is 1. The van der Waals surface area contributed by atoms with E-state index in [4.69, 9.17) is 0 Å². The first kappa shape index (κ1) is 21.7. The molecule has 172 valence electrons. The third-order valence-electron chi connectivity index (χ3n) is 5.50. The summed E-state index contributed by atoms with van der Waals surface area (Å²) in [6.07, 6.45) is 0. The second kappa shape index (κ2) is 9.02. The van der Waals surface area contributed by atoms with Crippen LogP contribution in [0.15, 0.2) is 82.4 Å². The van der Waals surface area contributed by atoms with Gasteiger partial charge in [0, 0.05) is 12.1 Å². The van der Waals surface area contributed by atoms with E-state index in [1.165, 1.54) is 0 Å². The smallest absolute Gasteiger partial charge is 0.271 e. The maximum Gasteiger partial charge on any atom is 0.271 e. The van der Waals surface area contributed by atoms with Gasteiger partial charge in [0.05, 0.1) is 11.3 Å². The number of amides is 1. The number of aromatic hydroxyl groups is 1. The zero-order chi connectivity index (χ0) is 24.4. The van der Waals surface area contributed by atoms with Crippen molar-refractivity contribution < 1.29 is 9.90 Å². The predicted molar refractivity (Wildman–Crippen MR) is 129 cm³/mol. The highest BCUT2D eigenvalue weighted by Gasteiger charge is 2.22. The van der Waals surface area contributed by atoms with Gasteiger partial charge in [-0.05, 0) is 40.1 Å². The average molecular weight is 466 g/mol. The summed E-state index contributed by atoms with van der Waals surface area (Å²) in [7, 11) is 0. The van der Waals surface area contributed by atoms with E-state index in [0.717, 1.165) is 22.3 Å². The molecule has 0 fully saturated rings. The molecule has 0 spiro atoms. The zero-order valence-electron chi connectivity index (χ0n) is 18.1. The minimum absolute atomic E-state index is 0.242. The molecule has 0 atom stereocenters. The fourth-order valence-corrected chi connectivity index (χ4v) is 3.65. The van der Waals surface area contributed by atoms with Gasteiger partial charge in [0.15, 0.2) is 5.75 Å². The van der Waals surface area contributed by atoms with Crippen LogP contribution in [-0.4, -0.2) is 31.6 Å². The van der Waals surface area contributed by atoms with Crippen LogP contribution in [0.3, 0.4) is 0 Å². The van der Waals surface area contributed by atoms with Gasteiger partial charge < -0.3 is 15.7 Å². The van der Waals surface area contributed by atoms with Gasteiger partial charge in [-0.3, -0.25) is 14.4 Å². The first-order valence-corrected chi connectivity index (χ1v) is 10.6. The summed E-state index contributed by atoms with van der Waals surface area (Å²) in [5.41, 5.74) is 1.61. The molecule has 5 rings (SSSR count). The number of carbonyl (C=O) groups excluding carboxylic acids is 1. The van der Waals surface area contributed by atoms with E-state index in [1.807, 2.05) is 54.6 Å². The molecular weight excluding hydrogens is 448 g/mol. The van der Waals surface area contributed by atoms with Crippen LogP contribution in [0.25, 0.3) is 22.5 Å². The molecule has 10 heteroatoms. The lowest BCUT2D eigenvalue weighted by Crippen LogP contribution is -2.33. The van der Waals surface area contributed by atoms with Crippen molar-refractivity contribution in [3.63, 3.8) is 0 Å². The van der Waals surface area contributed by atoms with Crippen molar-refractivity contribution in [3.05, 3.63) is 104 Å². The lowest BCUT2D eigenvalue weighted by Gasteiger charge is -2.16. The first-order valence-electron chi connectivity index (χ1n) is 10.6. The standard InChI is InChI=1S/C25H18N6O4/c32-21-20(22(33)23(21)34)27-19-12-16(15-7-4-8-17(11-15)24-28-30-31-29-24)9-10-18(19)25(35)26-13-14-5-2-1-3-6-14/h1-12,27,32H,13H2,(H,26,35)(H,28,29,30,31). The molecule has 0 aliphatic heterocycles. The highest BCUT2D eigenvalue weighted by Crippen LogP contribution is 2.31. The van der Waals surface area contributed by atoms with Crippen molar-refractivity contribution in [2.75, 3.05) is 5.32 Å². The zero-order valence-corrected chi connectivity index (χ0v) is 18.1. The Kier molecular flexibility index (Phi) is 5.60. The van der Waals surface area contributed by atoms with Crippen molar-refractivity contribution in [2.45, 2.75) is 6.54 Å². The quantitative estimate of drug-likeness (QED) is 0.267. The molecule has 0 aliphatic rings. The molecule has 0 aliphatic carbocycles. The number of hydrogen-bond donors (Lipinski definition) is 4. The second-order valence-corrected chi connectivity index (χ2v) is 7.75. The highest BCUT2D eigenvalue weighted by molar-refractivity contribution is 6.01. The molecular formula is C25H18N6O4. The van der Waals surface area contributed by atoms with Crippen molar-refractivity contribution in [1.82, 2.24) is 25.9 Å². The summed E-state index contributed by atoms with van der Waals surface area (Å²) in [6, 6.07) is 21.8. The Morgan fingerprint density at radius 1 is 0.886 bits per heavy atom. The van der Waals surface area contributed by atoms with E-state index >= 15 is 0 Å². The molecule has 10 nitrogen and oxygen atoms in total. The fourth-order valence-electron chi connectivity index (χ4n) is 3.65. The normalized spacial score (nSPS) is 10.9. The van der Waals surface area contributed by atoms with Gasteiger partial charge in [0.25, 0.3) is 16.8 Å². The van der Waals surface area contributed by atoms with Crippen LogP contribution in [0.5, 0.6) is 5.75 Å². The van der Waals surface area contributed by atoms with Crippen molar-refractivity contribution in [3.8, 4) is 28.3 Å². The number of hydrogen-bond acceptors (Lipinski definition) is 8. The van der Waals surface area contributed by atoms with Crippen molar-refractivity contribution in [2.24, 2.45) is 0 Å². The van der Waals surface area contributed by atoms with Crippen LogP contribution in [0, 0.1) is 0 Å². The van der Waals surface area contributed by atoms with Gasteiger partial charge in [-0.15, -0.1) is 10.2 Å². The Morgan fingerprint density at radius 3 is 2.40 bits per heavy atom. The van der Waals surface area contributed by atoms with Crippen LogP contribution >= 0.6 is 0 Å². The van der Waals surface area contributed by atoms with Crippen LogP contribution in [0.1, 0.15) is 15.9 Å². The Hall–Kier alpha value is -5.12. The summed E-state index contributed by atoms with van der Waals surface area (Å²) in [5, 5.41) is 29.4. The molecule has 4 N–H and O–H groups in total. The van der Waals surface area contributed by atoms with Gasteiger partial charge in [-0.1, -0.05) is 54.6 Å². The Morgan fingerprint density at radius 2 is 1.66 bits per heavy atom. The van der Waals surface area contributed by atoms with Gasteiger partial charge in [0.2, 0.25) is 5.82 Å². The van der Waals surface area contributed by atoms with E-state index in [1.54, 1.807) is 18.2 Å². The average Bonchev–Trinajstić information content (AvgIpc) is 3.45. The summed E-state index contributed by atoms with van der Waals surface area (Å²) >= 11 is 0. The molecule has 0 radical (unpaired) electrons. The molecule has 0 unspecified atom stereocenters. The number of rotatable bonds is 7. The van der Waals surface area contributed by atoms with Crippen molar-refractivity contribution >= 4 is 17.3 Å². The summed E-state index contributed by atoms with van der Waals surface area (Å²) in [4.78, 5) is 36.4. The summed E-state index contributed by atoms with van der Waals surface area (Å²) < 4.78 is 0. The monoisotopic (exact) mass is 466 g/mol. The van der Waals surface area contributed by atoms with Gasteiger partial charge >= 0.3 is 0 Å². The summed E-state index contributed by atoms with van der Waals surface area (Å²) in [6.45, 7) is 0.305. The highest BCUT2D eigenvalue weighted by atomic mass is 16.3. The number of anilines is 2. The van der Waals surface area contributed by atoms with E-state index in [2.05, 4.69) is 31.3 Å². The van der Waals surface area contributed by atoms with Crippen LogP contribution in [0.4, 0.5) is 11.4 Å². The molecule has 1 heterocycles. The maximum absolute atomic E-state index is 13.0. The SMILES string of the molecule is O=C(NCc1ccccc1)c1ccc(-c2cccc(-c3nn[nH]n3)c2)cc1Nc1c(O)c(=O)c1=O. The Labute approximate surface area is 198 Å². The van der Waals surface area contributed by atoms with E-state index < -0.39 is 16.6 Å². The van der Waals surface area contributed by atoms with Gasteiger partial charge in [-0.2, -0.15) is 5.21 Å². The Balaban J connectivity index is 1.50. The van der Waals surface area contributed by atoms with Gasteiger partial charge in [0.1, 0.15) is 5.69 Å². The number of carbonyl (C=O) groups is 1. The van der Waals surface area contributed by atoms with Crippen LogP contribution in [-0.2, 0) is 6.54 Å². The van der Waals surface area contributed by atoms with Crippen LogP contribution in [0.2, 0.25) is 0 Å². The molecule has 0 saturated carbocycles. The second-order valence-electron chi connectivity index (χ2n) is 7.75. The molecule has 0 bridgehead atoms. The lowest BCUT2D eigenvalue weighted by atomic mass is 9.99. The number of H-pyrrole nitrogens is 1. The van der Waals surface area contributed by atoms with Gasteiger partial charge in [-0.25, -0.2) is 0 Å². The minimum Gasteiger partial charge on any atom is -0.502 e.